The van der Waals surface area contributed by atoms with Crippen LogP contribution in [0.2, 0.25) is 0 Å². The molecule has 8 nitrogen and oxygen atoms in total. The predicted octanol–water partition coefficient (Wildman–Crippen LogP) is 4.86. The van der Waals surface area contributed by atoms with Gasteiger partial charge in [-0.25, -0.2) is 8.78 Å². The van der Waals surface area contributed by atoms with Crippen molar-refractivity contribution < 1.29 is 18.4 Å². The number of aryl methyl sites for hydroxylation is 3. The molecule has 3 aromatic rings. The molecule has 3 N–H and O–H groups in total. The maximum absolute atomic E-state index is 15.3. The minimum absolute atomic E-state index is 0.136. The van der Waals surface area contributed by atoms with Crippen molar-refractivity contribution in [2.24, 2.45) is 11.3 Å². The van der Waals surface area contributed by atoms with Gasteiger partial charge >= 0.3 is 0 Å². The van der Waals surface area contributed by atoms with Crippen molar-refractivity contribution in [3.63, 3.8) is 0 Å². The Bertz CT molecular complexity index is 1290. The van der Waals surface area contributed by atoms with Gasteiger partial charge in [0.15, 0.2) is 0 Å². The molecule has 2 heterocycles. The molecule has 0 radical (unpaired) electrons. The Balaban J connectivity index is 1.40. The van der Waals surface area contributed by atoms with Crippen LogP contribution in [0.1, 0.15) is 60.9 Å². The molecular weight excluding hydrogens is 478 g/mol. The molecule has 37 heavy (non-hydrogen) atoms. The summed E-state index contributed by atoms with van der Waals surface area (Å²) < 4.78 is 32.0. The van der Waals surface area contributed by atoms with E-state index in [9.17, 15) is 9.59 Å². The van der Waals surface area contributed by atoms with Crippen LogP contribution in [0, 0.1) is 25.2 Å². The van der Waals surface area contributed by atoms with E-state index in [2.05, 4.69) is 25.9 Å². The monoisotopic (exact) mass is 510 g/mol. The van der Waals surface area contributed by atoms with Crippen LogP contribution < -0.4 is 10.6 Å². The standard InChI is InChI=1S/C27H32F2N6O2/c1-4-35-21(9-14-30-35)24(36)32-23(20-15-26(10-11-26)12-13-27(20,28)29)25(37)31-19-7-5-18(6-8-19)22-16(2)33-34-17(22)3/h5-9,14,20,23H,4,10-13,15H2,1-3H3,(H,31,37)(H,32,36)(H,33,34)/t20-,23-/m0/s1. The number of amides is 2. The fourth-order valence-corrected chi connectivity index (χ4v) is 5.59. The lowest BCUT2D eigenvalue weighted by Gasteiger charge is -2.40. The highest BCUT2D eigenvalue weighted by molar-refractivity contribution is 6.01. The van der Waals surface area contributed by atoms with E-state index in [-0.39, 0.29) is 24.0 Å². The second-order valence-electron chi connectivity index (χ2n) is 10.4. The van der Waals surface area contributed by atoms with Gasteiger partial charge < -0.3 is 10.6 Å². The molecule has 2 aliphatic rings. The lowest BCUT2D eigenvalue weighted by molar-refractivity contribution is -0.136. The number of carbonyl (C=O) groups excluding carboxylic acids is 2. The van der Waals surface area contributed by atoms with E-state index in [1.165, 1.54) is 16.9 Å². The van der Waals surface area contributed by atoms with E-state index in [0.717, 1.165) is 35.4 Å². The normalized spacial score (nSPS) is 20.4. The minimum atomic E-state index is -3.06. The quantitative estimate of drug-likeness (QED) is 0.422. The Morgan fingerprint density at radius 1 is 1.14 bits per heavy atom. The van der Waals surface area contributed by atoms with Gasteiger partial charge in [0, 0.05) is 36.1 Å². The summed E-state index contributed by atoms with van der Waals surface area (Å²) >= 11 is 0. The summed E-state index contributed by atoms with van der Waals surface area (Å²) in [5.74, 6) is -5.59. The average molecular weight is 511 g/mol. The number of halogens is 2. The van der Waals surface area contributed by atoms with Gasteiger partial charge in [-0.2, -0.15) is 10.2 Å². The van der Waals surface area contributed by atoms with Gasteiger partial charge in [0.2, 0.25) is 5.91 Å². The van der Waals surface area contributed by atoms with Crippen molar-refractivity contribution in [1.29, 1.82) is 0 Å². The van der Waals surface area contributed by atoms with Gasteiger partial charge in [0.05, 0.1) is 11.6 Å². The van der Waals surface area contributed by atoms with E-state index >= 15 is 8.78 Å². The van der Waals surface area contributed by atoms with Crippen LogP contribution in [0.15, 0.2) is 36.5 Å². The number of carbonyl (C=O) groups is 2. The average Bonchev–Trinajstić information content (AvgIpc) is 3.29. The molecule has 2 saturated carbocycles. The Morgan fingerprint density at radius 3 is 2.46 bits per heavy atom. The molecule has 2 atom stereocenters. The number of hydrogen-bond acceptors (Lipinski definition) is 4. The van der Waals surface area contributed by atoms with Crippen molar-refractivity contribution >= 4 is 17.5 Å². The predicted molar refractivity (Wildman–Crippen MR) is 135 cm³/mol. The number of alkyl halides is 2. The lowest BCUT2D eigenvalue weighted by atomic mass is 9.73. The maximum Gasteiger partial charge on any atom is 0.270 e. The number of aromatic amines is 1. The van der Waals surface area contributed by atoms with E-state index < -0.39 is 29.7 Å². The van der Waals surface area contributed by atoms with E-state index in [1.54, 1.807) is 12.1 Å². The molecule has 0 bridgehead atoms. The van der Waals surface area contributed by atoms with Crippen molar-refractivity contribution in [3.8, 4) is 11.1 Å². The van der Waals surface area contributed by atoms with Crippen molar-refractivity contribution in [3.05, 3.63) is 53.6 Å². The number of aromatic nitrogens is 4. The van der Waals surface area contributed by atoms with Crippen molar-refractivity contribution in [2.75, 3.05) is 5.32 Å². The summed E-state index contributed by atoms with van der Waals surface area (Å²) in [7, 11) is 0. The van der Waals surface area contributed by atoms with Crippen molar-refractivity contribution in [1.82, 2.24) is 25.3 Å². The molecule has 0 saturated heterocycles. The SMILES string of the molecule is CCn1nccc1C(=O)N[C@H](C(=O)Nc1ccc(-c2c(C)n[nH]c2C)cc1)[C@@H]1CC2(CC2)CCC1(F)F. The number of rotatable bonds is 7. The summed E-state index contributed by atoms with van der Waals surface area (Å²) in [6, 6.07) is 7.29. The summed E-state index contributed by atoms with van der Waals surface area (Å²) in [4.78, 5) is 26.6. The third-order valence-electron chi connectivity index (χ3n) is 7.93. The molecular formula is C27H32F2N6O2. The molecule has 0 aliphatic heterocycles. The van der Waals surface area contributed by atoms with Crippen LogP contribution in [-0.2, 0) is 11.3 Å². The first-order valence-electron chi connectivity index (χ1n) is 12.8. The van der Waals surface area contributed by atoms with Crippen LogP contribution in [-0.4, -0.2) is 43.8 Å². The molecule has 196 valence electrons. The van der Waals surface area contributed by atoms with E-state index in [4.69, 9.17) is 0 Å². The van der Waals surface area contributed by atoms with Crippen molar-refractivity contribution in [2.45, 2.75) is 71.4 Å². The molecule has 10 heteroatoms. The molecule has 1 aromatic carbocycles. The Kier molecular flexibility index (Phi) is 6.37. The molecule has 2 amide bonds. The zero-order chi connectivity index (χ0) is 26.4. The highest BCUT2D eigenvalue weighted by atomic mass is 19.3. The maximum atomic E-state index is 15.3. The highest BCUT2D eigenvalue weighted by Crippen LogP contribution is 2.61. The first kappa shape index (κ1) is 25.1. The number of hydrogen-bond donors (Lipinski definition) is 3. The van der Waals surface area contributed by atoms with Crippen LogP contribution >= 0.6 is 0 Å². The number of anilines is 1. The van der Waals surface area contributed by atoms with Gasteiger partial charge in [0.1, 0.15) is 11.7 Å². The zero-order valence-corrected chi connectivity index (χ0v) is 21.3. The van der Waals surface area contributed by atoms with Gasteiger partial charge in [-0.1, -0.05) is 12.1 Å². The fraction of sp³-hybridized carbons (Fsp3) is 0.481. The summed E-state index contributed by atoms with van der Waals surface area (Å²) in [6.07, 6.45) is 3.64. The third kappa shape index (κ3) is 4.89. The fourth-order valence-electron chi connectivity index (χ4n) is 5.59. The largest absolute Gasteiger partial charge is 0.338 e. The van der Waals surface area contributed by atoms with Crippen LogP contribution in [0.4, 0.5) is 14.5 Å². The Labute approximate surface area is 214 Å². The molecule has 2 aliphatic carbocycles. The smallest absolute Gasteiger partial charge is 0.270 e. The zero-order valence-electron chi connectivity index (χ0n) is 21.3. The first-order chi connectivity index (χ1) is 17.6. The van der Waals surface area contributed by atoms with Crippen LogP contribution in [0.5, 0.6) is 0 Å². The minimum Gasteiger partial charge on any atom is -0.338 e. The Hall–Kier alpha value is -3.56. The Morgan fingerprint density at radius 2 is 1.84 bits per heavy atom. The highest BCUT2D eigenvalue weighted by Gasteiger charge is 2.58. The molecule has 5 rings (SSSR count). The first-order valence-corrected chi connectivity index (χ1v) is 12.8. The molecule has 2 fully saturated rings. The molecule has 1 spiro atoms. The van der Waals surface area contributed by atoms with Crippen LogP contribution in [0.25, 0.3) is 11.1 Å². The van der Waals surface area contributed by atoms with E-state index in [1.807, 2.05) is 32.9 Å². The van der Waals surface area contributed by atoms with Crippen LogP contribution in [0.3, 0.4) is 0 Å². The summed E-state index contributed by atoms with van der Waals surface area (Å²) in [6.45, 7) is 6.11. The second kappa shape index (κ2) is 9.39. The second-order valence-corrected chi connectivity index (χ2v) is 10.4. The number of benzene rings is 1. The lowest BCUT2D eigenvalue weighted by Crippen LogP contribution is -2.56. The number of H-pyrrole nitrogens is 1. The number of nitrogens with one attached hydrogen (secondary N) is 3. The van der Waals surface area contributed by atoms with Gasteiger partial charge in [0.25, 0.3) is 11.8 Å². The van der Waals surface area contributed by atoms with Gasteiger partial charge in [-0.3, -0.25) is 19.4 Å². The van der Waals surface area contributed by atoms with E-state index in [0.29, 0.717) is 18.7 Å². The van der Waals surface area contributed by atoms with Gasteiger partial charge in [-0.05, 0) is 75.6 Å². The topological polar surface area (TPSA) is 105 Å². The number of nitrogens with zero attached hydrogens (tertiary/aromatic N) is 3. The summed E-state index contributed by atoms with van der Waals surface area (Å²) in [5, 5.41) is 16.7. The third-order valence-corrected chi connectivity index (χ3v) is 7.93. The molecule has 0 unspecified atom stereocenters. The molecule has 2 aromatic heterocycles. The van der Waals surface area contributed by atoms with Gasteiger partial charge in [-0.15, -0.1) is 0 Å². The summed E-state index contributed by atoms with van der Waals surface area (Å²) in [5.41, 5.74) is 4.25.